The van der Waals surface area contributed by atoms with Crippen molar-refractivity contribution < 1.29 is 9.53 Å². The van der Waals surface area contributed by atoms with Gasteiger partial charge in [-0.1, -0.05) is 6.92 Å². The summed E-state index contributed by atoms with van der Waals surface area (Å²) in [5.41, 5.74) is 0. The van der Waals surface area contributed by atoms with Crippen molar-refractivity contribution in [2.24, 2.45) is 0 Å². The van der Waals surface area contributed by atoms with Crippen LogP contribution in [0, 0.1) is 0 Å². The fourth-order valence-corrected chi connectivity index (χ4v) is 1.09. The molecule has 3 heteroatoms. The molecule has 0 heterocycles. The second kappa shape index (κ2) is 7.10. The van der Waals surface area contributed by atoms with E-state index in [4.69, 9.17) is 0 Å². The second-order valence-electron chi connectivity index (χ2n) is 2.98. The van der Waals surface area contributed by atoms with Crippen LogP contribution in [-0.2, 0) is 9.53 Å². The second-order valence-corrected chi connectivity index (χ2v) is 2.98. The minimum atomic E-state index is -0.111. The first kappa shape index (κ1) is 11.4. The van der Waals surface area contributed by atoms with Crippen molar-refractivity contribution in [3.63, 3.8) is 0 Å². The third kappa shape index (κ3) is 6.16. The molecule has 0 fully saturated rings. The van der Waals surface area contributed by atoms with E-state index in [9.17, 15) is 4.79 Å². The van der Waals surface area contributed by atoms with Crippen molar-refractivity contribution in [2.75, 3.05) is 27.2 Å². The van der Waals surface area contributed by atoms with Crippen LogP contribution in [-0.4, -0.2) is 38.1 Å². The zero-order valence-electron chi connectivity index (χ0n) is 8.30. The van der Waals surface area contributed by atoms with Gasteiger partial charge in [-0.2, -0.15) is 0 Å². The summed E-state index contributed by atoms with van der Waals surface area (Å²) in [5, 5.41) is 0. The summed E-state index contributed by atoms with van der Waals surface area (Å²) in [7, 11) is 3.50. The van der Waals surface area contributed by atoms with Crippen molar-refractivity contribution in [3.8, 4) is 0 Å². The Morgan fingerprint density at radius 3 is 2.58 bits per heavy atom. The summed E-state index contributed by atoms with van der Waals surface area (Å²) >= 11 is 0. The lowest BCUT2D eigenvalue weighted by atomic mass is 10.3. The third-order valence-corrected chi connectivity index (χ3v) is 1.75. The van der Waals surface area contributed by atoms with Gasteiger partial charge in [0.05, 0.1) is 7.11 Å². The molecule has 0 rings (SSSR count). The lowest BCUT2D eigenvalue weighted by molar-refractivity contribution is -0.140. The molecule has 0 aliphatic carbocycles. The standard InChI is InChI=1S/C9H19NO2/c1-4-7-10(2)8-5-6-9(11)12-3/h4-8H2,1-3H3. The van der Waals surface area contributed by atoms with Crippen LogP contribution in [0.15, 0.2) is 0 Å². The van der Waals surface area contributed by atoms with Crippen molar-refractivity contribution in [1.82, 2.24) is 4.90 Å². The van der Waals surface area contributed by atoms with Gasteiger partial charge in [0.15, 0.2) is 0 Å². The predicted molar refractivity (Wildman–Crippen MR) is 49.0 cm³/mol. The Bertz CT molecular complexity index is 126. The summed E-state index contributed by atoms with van der Waals surface area (Å²) in [6.07, 6.45) is 2.59. The molecule has 0 aliphatic heterocycles. The Kier molecular flexibility index (Phi) is 6.76. The molecule has 0 spiro atoms. The molecule has 0 aromatic carbocycles. The van der Waals surface area contributed by atoms with Crippen LogP contribution >= 0.6 is 0 Å². The van der Waals surface area contributed by atoms with E-state index in [1.54, 1.807) is 0 Å². The number of methoxy groups -OCH3 is 1. The predicted octanol–water partition coefficient (Wildman–Crippen LogP) is 1.28. The van der Waals surface area contributed by atoms with Crippen LogP contribution < -0.4 is 0 Å². The fourth-order valence-electron chi connectivity index (χ4n) is 1.09. The highest BCUT2D eigenvalue weighted by atomic mass is 16.5. The van der Waals surface area contributed by atoms with E-state index in [1.165, 1.54) is 7.11 Å². The average molecular weight is 173 g/mol. The smallest absolute Gasteiger partial charge is 0.305 e. The van der Waals surface area contributed by atoms with Crippen LogP contribution in [0.25, 0.3) is 0 Å². The molecule has 12 heavy (non-hydrogen) atoms. The minimum absolute atomic E-state index is 0.111. The van der Waals surface area contributed by atoms with E-state index in [0.29, 0.717) is 6.42 Å². The first-order valence-electron chi connectivity index (χ1n) is 4.46. The molecular weight excluding hydrogens is 154 g/mol. The number of rotatable bonds is 6. The lowest BCUT2D eigenvalue weighted by Gasteiger charge is -2.14. The number of ether oxygens (including phenoxy) is 1. The first-order valence-corrected chi connectivity index (χ1v) is 4.46. The zero-order chi connectivity index (χ0) is 9.40. The molecule has 0 atom stereocenters. The number of nitrogens with zero attached hydrogens (tertiary/aromatic N) is 1. The maximum Gasteiger partial charge on any atom is 0.305 e. The molecular formula is C9H19NO2. The number of carbonyl (C=O) groups excluding carboxylic acids is 1. The van der Waals surface area contributed by atoms with Gasteiger partial charge in [0.25, 0.3) is 0 Å². The van der Waals surface area contributed by atoms with E-state index >= 15 is 0 Å². The summed E-state index contributed by atoms with van der Waals surface area (Å²) < 4.78 is 4.53. The Morgan fingerprint density at radius 2 is 2.08 bits per heavy atom. The van der Waals surface area contributed by atoms with Crippen LogP contribution in [0.1, 0.15) is 26.2 Å². The SMILES string of the molecule is CCCN(C)CCCC(=O)OC. The van der Waals surface area contributed by atoms with Crippen LogP contribution in [0.2, 0.25) is 0 Å². The summed E-state index contributed by atoms with van der Waals surface area (Å²) in [4.78, 5) is 12.9. The maximum atomic E-state index is 10.7. The van der Waals surface area contributed by atoms with Gasteiger partial charge in [0.2, 0.25) is 0 Å². The topological polar surface area (TPSA) is 29.5 Å². The molecule has 0 aromatic heterocycles. The largest absolute Gasteiger partial charge is 0.469 e. The zero-order valence-corrected chi connectivity index (χ0v) is 8.30. The van der Waals surface area contributed by atoms with Gasteiger partial charge in [-0.15, -0.1) is 0 Å². The average Bonchev–Trinajstić information content (AvgIpc) is 2.04. The Morgan fingerprint density at radius 1 is 1.42 bits per heavy atom. The van der Waals surface area contributed by atoms with E-state index in [2.05, 4.69) is 23.6 Å². The number of carbonyl (C=O) groups is 1. The van der Waals surface area contributed by atoms with Gasteiger partial charge in [-0.05, 0) is 33.0 Å². The quantitative estimate of drug-likeness (QED) is 0.567. The highest BCUT2D eigenvalue weighted by molar-refractivity contribution is 5.68. The summed E-state index contributed by atoms with van der Waals surface area (Å²) in [5.74, 6) is -0.111. The number of hydrogen-bond donors (Lipinski definition) is 0. The summed E-state index contributed by atoms with van der Waals surface area (Å²) in [6.45, 7) is 4.22. The highest BCUT2D eigenvalue weighted by Gasteiger charge is 2.01. The Hall–Kier alpha value is -0.570. The van der Waals surface area contributed by atoms with Gasteiger partial charge in [0.1, 0.15) is 0 Å². The highest BCUT2D eigenvalue weighted by Crippen LogP contribution is 1.95. The van der Waals surface area contributed by atoms with E-state index in [1.807, 2.05) is 0 Å². The first-order chi connectivity index (χ1) is 5.70. The number of esters is 1. The van der Waals surface area contributed by atoms with Crippen LogP contribution in [0.4, 0.5) is 0 Å². The Labute approximate surface area is 74.7 Å². The number of hydrogen-bond acceptors (Lipinski definition) is 3. The van der Waals surface area contributed by atoms with Gasteiger partial charge in [-0.3, -0.25) is 4.79 Å². The van der Waals surface area contributed by atoms with Crippen molar-refractivity contribution in [1.29, 1.82) is 0 Å². The lowest BCUT2D eigenvalue weighted by Crippen LogP contribution is -2.21. The van der Waals surface area contributed by atoms with Crippen molar-refractivity contribution in [2.45, 2.75) is 26.2 Å². The van der Waals surface area contributed by atoms with E-state index in [-0.39, 0.29) is 5.97 Å². The van der Waals surface area contributed by atoms with Gasteiger partial charge in [-0.25, -0.2) is 0 Å². The van der Waals surface area contributed by atoms with Gasteiger partial charge >= 0.3 is 5.97 Å². The molecule has 0 saturated carbocycles. The normalized spacial score (nSPS) is 10.3. The molecule has 72 valence electrons. The molecule has 0 aromatic rings. The van der Waals surface area contributed by atoms with Crippen molar-refractivity contribution in [3.05, 3.63) is 0 Å². The molecule has 0 radical (unpaired) electrons. The minimum Gasteiger partial charge on any atom is -0.469 e. The van der Waals surface area contributed by atoms with Crippen LogP contribution in [0.5, 0.6) is 0 Å². The Balaban J connectivity index is 3.24. The van der Waals surface area contributed by atoms with E-state index < -0.39 is 0 Å². The van der Waals surface area contributed by atoms with E-state index in [0.717, 1.165) is 25.9 Å². The molecule has 0 N–H and O–H groups in total. The molecule has 0 amide bonds. The van der Waals surface area contributed by atoms with Crippen molar-refractivity contribution >= 4 is 5.97 Å². The molecule has 0 unspecified atom stereocenters. The monoisotopic (exact) mass is 173 g/mol. The molecule has 0 bridgehead atoms. The molecule has 0 aliphatic rings. The fraction of sp³-hybridized carbons (Fsp3) is 0.889. The maximum absolute atomic E-state index is 10.7. The molecule has 3 nitrogen and oxygen atoms in total. The molecule has 0 saturated heterocycles. The van der Waals surface area contributed by atoms with Gasteiger partial charge in [0, 0.05) is 6.42 Å². The third-order valence-electron chi connectivity index (χ3n) is 1.75. The van der Waals surface area contributed by atoms with Crippen LogP contribution in [0.3, 0.4) is 0 Å². The van der Waals surface area contributed by atoms with Gasteiger partial charge < -0.3 is 9.64 Å². The summed E-state index contributed by atoms with van der Waals surface area (Å²) in [6, 6.07) is 0.